The standard InChI is InChI=1S/C15H12N2O2S/c1-9-11-8-12(15(18)19)20-14(11)17-13(16-9)7-10-5-3-2-4-6-10/h2-6,8H,1,7H2,(H,16,17)(H,18,19). The number of aromatic carboxylic acids is 1. The van der Waals surface area contributed by atoms with Crippen LogP contribution in [0, 0.1) is 0 Å². The van der Waals surface area contributed by atoms with Crippen molar-refractivity contribution in [3.63, 3.8) is 0 Å². The lowest BCUT2D eigenvalue weighted by molar-refractivity contribution is 0.0702. The highest BCUT2D eigenvalue weighted by molar-refractivity contribution is 7.18. The third kappa shape index (κ3) is 2.35. The van der Waals surface area contributed by atoms with Crippen LogP contribution in [0.1, 0.15) is 20.8 Å². The van der Waals surface area contributed by atoms with E-state index < -0.39 is 5.97 Å². The van der Waals surface area contributed by atoms with Crippen molar-refractivity contribution < 1.29 is 9.90 Å². The summed E-state index contributed by atoms with van der Waals surface area (Å²) < 4.78 is 0. The zero-order valence-corrected chi connectivity index (χ0v) is 11.4. The predicted molar refractivity (Wildman–Crippen MR) is 80.7 cm³/mol. The zero-order chi connectivity index (χ0) is 14.1. The molecule has 0 unspecified atom stereocenters. The minimum absolute atomic E-state index is 0.280. The minimum Gasteiger partial charge on any atom is -0.477 e. The summed E-state index contributed by atoms with van der Waals surface area (Å²) in [6, 6.07) is 11.6. The number of carboxylic acids is 1. The Balaban J connectivity index is 1.92. The third-order valence-electron chi connectivity index (χ3n) is 2.99. The van der Waals surface area contributed by atoms with Gasteiger partial charge < -0.3 is 10.4 Å². The van der Waals surface area contributed by atoms with Crippen molar-refractivity contribution in [3.8, 4) is 0 Å². The second-order valence-electron chi connectivity index (χ2n) is 4.46. The van der Waals surface area contributed by atoms with Gasteiger partial charge in [0.1, 0.15) is 15.7 Å². The average Bonchev–Trinajstić information content (AvgIpc) is 2.84. The highest BCUT2D eigenvalue weighted by Gasteiger charge is 2.20. The van der Waals surface area contributed by atoms with E-state index in [1.807, 2.05) is 30.3 Å². The number of nitrogens with one attached hydrogen (secondary N) is 1. The molecule has 1 aliphatic heterocycles. The minimum atomic E-state index is -0.933. The van der Waals surface area contributed by atoms with E-state index in [1.54, 1.807) is 6.07 Å². The van der Waals surface area contributed by atoms with Gasteiger partial charge in [-0.2, -0.15) is 0 Å². The Morgan fingerprint density at radius 2 is 2.10 bits per heavy atom. The first-order valence-corrected chi connectivity index (χ1v) is 6.90. The van der Waals surface area contributed by atoms with E-state index in [2.05, 4.69) is 16.9 Å². The van der Waals surface area contributed by atoms with Gasteiger partial charge in [-0.3, -0.25) is 0 Å². The first-order chi connectivity index (χ1) is 9.63. The molecule has 0 atom stereocenters. The second kappa shape index (κ2) is 4.94. The summed E-state index contributed by atoms with van der Waals surface area (Å²) in [5.41, 5.74) is 2.61. The van der Waals surface area contributed by atoms with Crippen LogP contribution < -0.4 is 5.32 Å². The molecule has 1 aliphatic rings. The maximum atomic E-state index is 11.0. The molecule has 0 saturated heterocycles. The highest BCUT2D eigenvalue weighted by atomic mass is 32.1. The van der Waals surface area contributed by atoms with Crippen LogP contribution in [-0.2, 0) is 6.42 Å². The van der Waals surface area contributed by atoms with Gasteiger partial charge in [-0.15, -0.1) is 11.3 Å². The molecular weight excluding hydrogens is 272 g/mol. The number of carbonyl (C=O) groups is 1. The molecule has 4 nitrogen and oxygen atoms in total. The molecule has 100 valence electrons. The van der Waals surface area contributed by atoms with Gasteiger partial charge in [-0.1, -0.05) is 36.9 Å². The Morgan fingerprint density at radius 1 is 1.35 bits per heavy atom. The Hall–Kier alpha value is -2.40. The number of rotatable bonds is 3. The van der Waals surface area contributed by atoms with Crippen molar-refractivity contribution in [2.24, 2.45) is 4.99 Å². The largest absolute Gasteiger partial charge is 0.477 e. The van der Waals surface area contributed by atoms with Gasteiger partial charge >= 0.3 is 5.97 Å². The molecule has 5 heteroatoms. The molecule has 0 amide bonds. The lowest BCUT2D eigenvalue weighted by Crippen LogP contribution is -2.25. The summed E-state index contributed by atoms with van der Waals surface area (Å²) in [5.74, 6) is -0.149. The predicted octanol–water partition coefficient (Wildman–Crippen LogP) is 3.29. The first-order valence-electron chi connectivity index (χ1n) is 6.08. The van der Waals surface area contributed by atoms with E-state index >= 15 is 0 Å². The van der Waals surface area contributed by atoms with Crippen LogP contribution in [0.5, 0.6) is 0 Å². The van der Waals surface area contributed by atoms with E-state index in [1.165, 1.54) is 11.3 Å². The Labute approximate surface area is 120 Å². The summed E-state index contributed by atoms with van der Waals surface area (Å²) in [5, 5.41) is 12.9. The molecule has 1 aromatic heterocycles. The molecule has 20 heavy (non-hydrogen) atoms. The molecule has 2 aromatic rings. The summed E-state index contributed by atoms with van der Waals surface area (Å²) in [7, 11) is 0. The van der Waals surface area contributed by atoms with Gasteiger partial charge in [-0.05, 0) is 11.6 Å². The van der Waals surface area contributed by atoms with Gasteiger partial charge in [0.2, 0.25) is 0 Å². The molecule has 2 heterocycles. The third-order valence-corrected chi connectivity index (χ3v) is 4.01. The van der Waals surface area contributed by atoms with E-state index in [9.17, 15) is 4.79 Å². The van der Waals surface area contributed by atoms with Crippen LogP contribution in [0.4, 0.5) is 5.00 Å². The normalized spacial score (nSPS) is 13.4. The number of nitrogens with zero attached hydrogens (tertiary/aromatic N) is 1. The monoisotopic (exact) mass is 284 g/mol. The summed E-state index contributed by atoms with van der Waals surface area (Å²) in [4.78, 5) is 15.8. The van der Waals surface area contributed by atoms with Crippen molar-refractivity contribution in [3.05, 3.63) is 59.0 Å². The molecule has 0 aliphatic carbocycles. The fourth-order valence-electron chi connectivity index (χ4n) is 2.05. The fourth-order valence-corrected chi connectivity index (χ4v) is 2.97. The van der Waals surface area contributed by atoms with Crippen molar-refractivity contribution in [1.29, 1.82) is 0 Å². The number of amidine groups is 1. The van der Waals surface area contributed by atoms with Crippen LogP contribution in [0.2, 0.25) is 0 Å². The smallest absolute Gasteiger partial charge is 0.345 e. The molecule has 0 bridgehead atoms. The average molecular weight is 284 g/mol. The van der Waals surface area contributed by atoms with E-state index in [0.29, 0.717) is 17.1 Å². The molecular formula is C15H12N2O2S. The van der Waals surface area contributed by atoms with Crippen molar-refractivity contribution in [2.75, 3.05) is 0 Å². The number of thiophene rings is 1. The van der Waals surface area contributed by atoms with Crippen LogP contribution >= 0.6 is 11.3 Å². The molecule has 2 N–H and O–H groups in total. The van der Waals surface area contributed by atoms with Crippen molar-refractivity contribution >= 4 is 33.8 Å². The summed E-state index contributed by atoms with van der Waals surface area (Å²) in [6.45, 7) is 3.94. The van der Waals surface area contributed by atoms with Gasteiger partial charge in [-0.25, -0.2) is 9.79 Å². The van der Waals surface area contributed by atoms with Gasteiger partial charge in [0.15, 0.2) is 0 Å². The summed E-state index contributed by atoms with van der Waals surface area (Å²) in [6.07, 6.45) is 0.666. The lowest BCUT2D eigenvalue weighted by Gasteiger charge is -2.17. The van der Waals surface area contributed by atoms with Crippen molar-refractivity contribution in [1.82, 2.24) is 5.32 Å². The molecule has 0 spiro atoms. The molecule has 0 fully saturated rings. The Kier molecular flexibility index (Phi) is 3.12. The zero-order valence-electron chi connectivity index (χ0n) is 10.6. The van der Waals surface area contributed by atoms with E-state index in [4.69, 9.17) is 5.11 Å². The van der Waals surface area contributed by atoms with Crippen LogP contribution in [-0.4, -0.2) is 16.9 Å². The lowest BCUT2D eigenvalue weighted by atomic mass is 10.1. The number of hydrogen-bond donors (Lipinski definition) is 2. The Morgan fingerprint density at radius 3 is 2.80 bits per heavy atom. The number of aliphatic imine (C=N–C) groups is 1. The second-order valence-corrected chi connectivity index (χ2v) is 5.49. The molecule has 0 saturated carbocycles. The molecule has 1 aromatic carbocycles. The Bertz CT molecular complexity index is 717. The number of hydrogen-bond acceptors (Lipinski definition) is 4. The van der Waals surface area contributed by atoms with Crippen LogP contribution in [0.15, 0.2) is 48.0 Å². The van der Waals surface area contributed by atoms with Gasteiger partial charge in [0.25, 0.3) is 0 Å². The fraction of sp³-hybridized carbons (Fsp3) is 0.0667. The summed E-state index contributed by atoms with van der Waals surface area (Å²) >= 11 is 1.17. The maximum Gasteiger partial charge on any atom is 0.345 e. The molecule has 0 radical (unpaired) electrons. The number of carboxylic acid groups (broad SMARTS) is 1. The highest BCUT2D eigenvalue weighted by Crippen LogP contribution is 2.36. The van der Waals surface area contributed by atoms with Gasteiger partial charge in [0.05, 0.1) is 0 Å². The van der Waals surface area contributed by atoms with E-state index in [-0.39, 0.29) is 4.88 Å². The van der Waals surface area contributed by atoms with Crippen molar-refractivity contribution in [2.45, 2.75) is 6.42 Å². The van der Waals surface area contributed by atoms with Gasteiger partial charge in [0, 0.05) is 17.7 Å². The SMILES string of the molecule is C=C1NC(Cc2ccccc2)=Nc2sc(C(=O)O)cc21. The van der Waals surface area contributed by atoms with E-state index in [0.717, 1.165) is 17.0 Å². The molecule has 3 rings (SSSR count). The number of fused-ring (bicyclic) bond motifs is 1. The first kappa shape index (κ1) is 12.6. The topological polar surface area (TPSA) is 61.7 Å². The van der Waals surface area contributed by atoms with Crippen LogP contribution in [0.3, 0.4) is 0 Å². The van der Waals surface area contributed by atoms with Crippen LogP contribution in [0.25, 0.3) is 5.70 Å². The maximum absolute atomic E-state index is 11.0. The quantitative estimate of drug-likeness (QED) is 0.909. The number of benzene rings is 1.